The average molecular weight is 532 g/mol. The quantitative estimate of drug-likeness (QED) is 0.552. The lowest BCUT2D eigenvalue weighted by atomic mass is 9.92. The number of nitrogens with zero attached hydrogens (tertiary/aromatic N) is 2. The number of hydrogen-bond acceptors (Lipinski definition) is 3. The van der Waals surface area contributed by atoms with Crippen molar-refractivity contribution in [2.75, 3.05) is 26.7 Å². The Hall–Kier alpha value is -1.80. The first kappa shape index (κ1) is 29.4. The number of piperidine rings is 1. The minimum Gasteiger partial charge on any atom is -0.335 e. The number of aryl methyl sites for hydroxylation is 1. The Morgan fingerprint density at radius 3 is 2.46 bits per heavy atom. The normalized spacial score (nSPS) is 16.6. The van der Waals surface area contributed by atoms with Crippen molar-refractivity contribution in [1.82, 2.24) is 15.1 Å². The van der Waals surface area contributed by atoms with Crippen molar-refractivity contribution >= 4 is 30.7 Å². The fraction of sp³-hybridized carbons (Fsp3) is 0.500. The first-order valence-electron chi connectivity index (χ1n) is 11.8. The highest BCUT2D eigenvalue weighted by molar-refractivity contribution is 5.85. The molecule has 35 heavy (non-hydrogen) atoms. The van der Waals surface area contributed by atoms with Gasteiger partial charge < -0.3 is 15.1 Å². The van der Waals surface area contributed by atoms with Gasteiger partial charge in [0.1, 0.15) is 0 Å². The first-order valence-corrected chi connectivity index (χ1v) is 11.8. The first-order chi connectivity index (χ1) is 15.8. The van der Waals surface area contributed by atoms with Crippen LogP contribution in [0.3, 0.4) is 0 Å². The summed E-state index contributed by atoms with van der Waals surface area (Å²) in [6.07, 6.45) is -1.01. The van der Waals surface area contributed by atoms with Crippen molar-refractivity contribution in [2.45, 2.75) is 57.4 Å². The monoisotopic (exact) mass is 531 g/mol. The lowest BCUT2D eigenvalue weighted by molar-refractivity contribution is -0.141. The zero-order chi connectivity index (χ0) is 23.4. The van der Waals surface area contributed by atoms with Gasteiger partial charge in [0.15, 0.2) is 0 Å². The third-order valence-electron chi connectivity index (χ3n) is 6.96. The molecule has 0 unspecified atom stereocenters. The summed E-state index contributed by atoms with van der Waals surface area (Å²) in [6.45, 7) is 3.45. The van der Waals surface area contributed by atoms with Gasteiger partial charge in [0.05, 0.1) is 5.56 Å². The molecule has 0 saturated carbocycles. The van der Waals surface area contributed by atoms with Gasteiger partial charge in [-0.25, -0.2) is 0 Å². The molecule has 1 fully saturated rings. The fourth-order valence-electron chi connectivity index (χ4n) is 5.08. The van der Waals surface area contributed by atoms with Crippen LogP contribution in [0.15, 0.2) is 42.5 Å². The molecule has 0 aromatic heterocycles. The van der Waals surface area contributed by atoms with Crippen molar-refractivity contribution in [1.29, 1.82) is 0 Å². The average Bonchev–Trinajstić information content (AvgIpc) is 2.81. The number of amides is 1. The van der Waals surface area contributed by atoms with E-state index in [4.69, 9.17) is 0 Å². The van der Waals surface area contributed by atoms with Gasteiger partial charge in [-0.2, -0.15) is 13.2 Å². The SMILES string of the molecule is CN1CCC(N(Cc2ccccc2C(F)(F)F)C(=O)CCc2cccc3c2CCNC3)CC1.Cl.Cl. The highest BCUT2D eigenvalue weighted by atomic mass is 35.5. The van der Waals surface area contributed by atoms with Gasteiger partial charge in [0.25, 0.3) is 0 Å². The van der Waals surface area contributed by atoms with E-state index in [0.29, 0.717) is 12.8 Å². The molecule has 0 atom stereocenters. The summed E-state index contributed by atoms with van der Waals surface area (Å²) in [5.74, 6) is -0.0620. The number of fused-ring (bicyclic) bond motifs is 1. The number of rotatable bonds is 6. The molecule has 4 nitrogen and oxygen atoms in total. The number of alkyl halides is 3. The molecule has 2 aromatic carbocycles. The predicted molar refractivity (Wildman–Crippen MR) is 137 cm³/mol. The van der Waals surface area contributed by atoms with Crippen molar-refractivity contribution in [3.63, 3.8) is 0 Å². The molecule has 0 radical (unpaired) electrons. The van der Waals surface area contributed by atoms with E-state index in [-0.39, 0.29) is 48.9 Å². The Bertz CT molecular complexity index is 979. The predicted octanol–water partition coefficient (Wildman–Crippen LogP) is 5.25. The van der Waals surface area contributed by atoms with E-state index in [9.17, 15) is 18.0 Å². The number of likely N-dealkylation sites (tertiary alicyclic amines) is 1. The third-order valence-corrected chi connectivity index (χ3v) is 6.96. The lowest BCUT2D eigenvalue weighted by Crippen LogP contribution is -2.46. The number of carbonyl (C=O) groups excluding carboxylic acids is 1. The molecular formula is C26H34Cl2F3N3O. The largest absolute Gasteiger partial charge is 0.416 e. The van der Waals surface area contributed by atoms with E-state index >= 15 is 0 Å². The second-order valence-electron chi connectivity index (χ2n) is 9.19. The van der Waals surface area contributed by atoms with E-state index in [0.717, 1.165) is 51.5 Å². The molecule has 0 aliphatic carbocycles. The van der Waals surface area contributed by atoms with Crippen LogP contribution in [0.2, 0.25) is 0 Å². The Morgan fingerprint density at radius 2 is 1.74 bits per heavy atom. The maximum atomic E-state index is 13.6. The van der Waals surface area contributed by atoms with Gasteiger partial charge in [-0.05, 0) is 80.7 Å². The van der Waals surface area contributed by atoms with Crippen LogP contribution in [-0.4, -0.2) is 48.4 Å². The molecule has 2 aliphatic rings. The van der Waals surface area contributed by atoms with E-state index in [1.165, 1.54) is 28.8 Å². The van der Waals surface area contributed by atoms with Crippen molar-refractivity contribution in [3.8, 4) is 0 Å². The lowest BCUT2D eigenvalue weighted by Gasteiger charge is -2.38. The smallest absolute Gasteiger partial charge is 0.335 e. The molecule has 194 valence electrons. The molecule has 2 aliphatic heterocycles. The molecule has 0 spiro atoms. The second kappa shape index (κ2) is 12.9. The third kappa shape index (κ3) is 7.35. The molecular weight excluding hydrogens is 498 g/mol. The summed E-state index contributed by atoms with van der Waals surface area (Å²) < 4.78 is 40.8. The van der Waals surface area contributed by atoms with Gasteiger partial charge >= 0.3 is 6.18 Å². The van der Waals surface area contributed by atoms with Crippen LogP contribution < -0.4 is 5.32 Å². The number of benzene rings is 2. The van der Waals surface area contributed by atoms with Crippen molar-refractivity contribution < 1.29 is 18.0 Å². The van der Waals surface area contributed by atoms with E-state index in [1.807, 2.05) is 13.1 Å². The minimum atomic E-state index is -4.44. The fourth-order valence-corrected chi connectivity index (χ4v) is 5.08. The molecule has 1 amide bonds. The highest BCUT2D eigenvalue weighted by Crippen LogP contribution is 2.33. The number of hydrogen-bond donors (Lipinski definition) is 1. The maximum Gasteiger partial charge on any atom is 0.416 e. The summed E-state index contributed by atoms with van der Waals surface area (Å²) >= 11 is 0. The number of carbonyl (C=O) groups is 1. The topological polar surface area (TPSA) is 35.6 Å². The van der Waals surface area contributed by atoms with Gasteiger partial charge in [-0.3, -0.25) is 4.79 Å². The summed E-state index contributed by atoms with van der Waals surface area (Å²) in [4.78, 5) is 17.4. The summed E-state index contributed by atoms with van der Waals surface area (Å²) in [6, 6.07) is 11.8. The Labute approximate surface area is 218 Å². The highest BCUT2D eigenvalue weighted by Gasteiger charge is 2.35. The van der Waals surface area contributed by atoms with Crippen LogP contribution in [0, 0.1) is 0 Å². The molecule has 1 N–H and O–H groups in total. The molecule has 4 rings (SSSR count). The minimum absolute atomic E-state index is 0. The zero-order valence-corrected chi connectivity index (χ0v) is 21.6. The van der Waals surface area contributed by atoms with E-state index < -0.39 is 11.7 Å². The summed E-state index contributed by atoms with van der Waals surface area (Å²) in [7, 11) is 2.04. The summed E-state index contributed by atoms with van der Waals surface area (Å²) in [5, 5.41) is 3.37. The number of nitrogens with one attached hydrogen (secondary N) is 1. The standard InChI is InChI=1S/C26H32F3N3O.2ClH/c1-31-15-12-22(13-16-31)32(18-21-5-2-3-8-24(21)26(27,28)29)25(33)10-9-19-6-4-7-20-17-30-14-11-23(19)20;;/h2-8,22,30H,9-18H2,1H3;2*1H. The van der Waals surface area contributed by atoms with Crippen molar-refractivity contribution in [3.05, 3.63) is 70.3 Å². The van der Waals surface area contributed by atoms with Gasteiger partial charge in [-0.15, -0.1) is 24.8 Å². The van der Waals surface area contributed by atoms with Gasteiger partial charge in [-0.1, -0.05) is 36.4 Å². The van der Waals surface area contributed by atoms with Gasteiger partial charge in [0.2, 0.25) is 5.91 Å². The maximum absolute atomic E-state index is 13.6. The Kier molecular flexibility index (Phi) is 10.9. The summed E-state index contributed by atoms with van der Waals surface area (Å²) in [5.41, 5.74) is 3.29. The molecule has 9 heteroatoms. The molecule has 1 saturated heterocycles. The zero-order valence-electron chi connectivity index (χ0n) is 19.9. The second-order valence-corrected chi connectivity index (χ2v) is 9.19. The Balaban J connectivity index is 0.00000216. The van der Waals surface area contributed by atoms with Crippen LogP contribution >= 0.6 is 24.8 Å². The van der Waals surface area contributed by atoms with E-state index in [2.05, 4.69) is 22.3 Å². The van der Waals surface area contributed by atoms with Crippen LogP contribution in [0.25, 0.3) is 0 Å². The van der Waals surface area contributed by atoms with Gasteiger partial charge in [0, 0.05) is 25.6 Å². The van der Waals surface area contributed by atoms with Crippen LogP contribution in [0.4, 0.5) is 13.2 Å². The molecule has 0 bridgehead atoms. The number of halogens is 5. The van der Waals surface area contributed by atoms with Crippen LogP contribution in [0.1, 0.15) is 47.1 Å². The van der Waals surface area contributed by atoms with E-state index in [1.54, 1.807) is 11.0 Å². The van der Waals surface area contributed by atoms with Crippen molar-refractivity contribution in [2.24, 2.45) is 0 Å². The molecule has 2 heterocycles. The van der Waals surface area contributed by atoms with Crippen LogP contribution in [0.5, 0.6) is 0 Å². The molecule has 2 aromatic rings. The Morgan fingerprint density at radius 1 is 1.06 bits per heavy atom. The van der Waals surface area contributed by atoms with Crippen LogP contribution in [-0.2, 0) is 36.9 Å².